The zero-order valence-corrected chi connectivity index (χ0v) is 12.8. The van der Waals surface area contributed by atoms with Crippen LogP contribution in [0.15, 0.2) is 23.8 Å². The standard InChI is InChI=1S/C15H20BNO4/c1-14(2)15(3,4)21-16(20-14)12(10-19)8-13-11(9-18)6-5-7-17-13/h5-9,19H,10H2,1-4H3. The fourth-order valence-electron chi connectivity index (χ4n) is 2.01. The zero-order chi connectivity index (χ0) is 15.7. The highest BCUT2D eigenvalue weighted by Crippen LogP contribution is 2.38. The summed E-state index contributed by atoms with van der Waals surface area (Å²) in [6.45, 7) is 7.55. The molecular formula is C15H20BNO4. The molecule has 1 fully saturated rings. The van der Waals surface area contributed by atoms with Crippen molar-refractivity contribution in [3.8, 4) is 0 Å². The summed E-state index contributed by atoms with van der Waals surface area (Å²) in [6.07, 6.45) is 3.97. The van der Waals surface area contributed by atoms with Gasteiger partial charge in [0, 0.05) is 11.8 Å². The Morgan fingerprint density at radius 2 is 1.95 bits per heavy atom. The second-order valence-electron chi connectivity index (χ2n) is 6.06. The highest BCUT2D eigenvalue weighted by atomic mass is 16.7. The van der Waals surface area contributed by atoms with Gasteiger partial charge in [-0.15, -0.1) is 0 Å². The van der Waals surface area contributed by atoms with Gasteiger partial charge in [-0.05, 0) is 51.4 Å². The summed E-state index contributed by atoms with van der Waals surface area (Å²) in [6, 6.07) is 3.36. The number of hydrogen-bond donors (Lipinski definition) is 1. The van der Waals surface area contributed by atoms with Gasteiger partial charge in [-0.1, -0.05) is 0 Å². The molecule has 0 aliphatic carbocycles. The molecule has 0 spiro atoms. The summed E-state index contributed by atoms with van der Waals surface area (Å²) >= 11 is 0. The first-order chi connectivity index (χ1) is 9.80. The molecule has 6 heteroatoms. The summed E-state index contributed by atoms with van der Waals surface area (Å²) in [4.78, 5) is 15.2. The first kappa shape index (κ1) is 15.9. The molecular weight excluding hydrogens is 269 g/mol. The molecule has 0 unspecified atom stereocenters. The molecule has 1 N–H and O–H groups in total. The van der Waals surface area contributed by atoms with Gasteiger partial charge in [0.2, 0.25) is 0 Å². The Hall–Kier alpha value is -1.50. The Morgan fingerprint density at radius 1 is 1.33 bits per heavy atom. The van der Waals surface area contributed by atoms with E-state index in [9.17, 15) is 9.90 Å². The van der Waals surface area contributed by atoms with Gasteiger partial charge in [0.05, 0.1) is 23.5 Å². The topological polar surface area (TPSA) is 68.7 Å². The number of aliphatic hydroxyl groups excluding tert-OH is 1. The van der Waals surface area contributed by atoms with E-state index >= 15 is 0 Å². The van der Waals surface area contributed by atoms with E-state index < -0.39 is 18.3 Å². The summed E-state index contributed by atoms with van der Waals surface area (Å²) in [5, 5.41) is 9.61. The van der Waals surface area contributed by atoms with Crippen LogP contribution in [0.2, 0.25) is 0 Å². The number of pyridine rings is 1. The number of hydrogen-bond acceptors (Lipinski definition) is 5. The second kappa shape index (κ2) is 5.71. The maximum absolute atomic E-state index is 11.0. The van der Waals surface area contributed by atoms with Crippen LogP contribution in [0.4, 0.5) is 0 Å². The van der Waals surface area contributed by atoms with E-state index in [1.165, 1.54) is 0 Å². The summed E-state index contributed by atoms with van der Waals surface area (Å²) < 4.78 is 11.8. The average molecular weight is 289 g/mol. The van der Waals surface area contributed by atoms with E-state index in [-0.39, 0.29) is 6.61 Å². The maximum atomic E-state index is 11.0. The van der Waals surface area contributed by atoms with Crippen LogP contribution < -0.4 is 0 Å². The molecule has 0 atom stereocenters. The molecule has 0 bridgehead atoms. The smallest absolute Gasteiger partial charge is 0.400 e. The van der Waals surface area contributed by atoms with Crippen molar-refractivity contribution in [1.29, 1.82) is 0 Å². The Bertz CT molecular complexity index is 553. The van der Waals surface area contributed by atoms with Gasteiger partial charge < -0.3 is 14.4 Å². The predicted octanol–water partition coefficient (Wildman–Crippen LogP) is 1.90. The van der Waals surface area contributed by atoms with Crippen molar-refractivity contribution in [3.63, 3.8) is 0 Å². The molecule has 112 valence electrons. The van der Waals surface area contributed by atoms with Crippen molar-refractivity contribution in [2.45, 2.75) is 38.9 Å². The fourth-order valence-corrected chi connectivity index (χ4v) is 2.01. The second-order valence-corrected chi connectivity index (χ2v) is 6.06. The minimum Gasteiger partial charge on any atom is -0.400 e. The van der Waals surface area contributed by atoms with E-state index in [2.05, 4.69) is 4.98 Å². The van der Waals surface area contributed by atoms with Crippen LogP contribution in [0, 0.1) is 0 Å². The van der Waals surface area contributed by atoms with Crippen LogP contribution in [0.5, 0.6) is 0 Å². The normalized spacial score (nSPS) is 20.6. The number of rotatable bonds is 4. The van der Waals surface area contributed by atoms with Crippen LogP contribution in [0.1, 0.15) is 43.7 Å². The zero-order valence-electron chi connectivity index (χ0n) is 12.8. The number of nitrogens with zero attached hydrogens (tertiary/aromatic N) is 1. The molecule has 2 heterocycles. The van der Waals surface area contributed by atoms with Crippen molar-refractivity contribution < 1.29 is 19.2 Å². The van der Waals surface area contributed by atoms with E-state index in [1.54, 1.807) is 24.4 Å². The van der Waals surface area contributed by atoms with E-state index in [0.29, 0.717) is 16.7 Å². The Kier molecular flexibility index (Phi) is 4.32. The van der Waals surface area contributed by atoms with Crippen molar-refractivity contribution >= 4 is 19.5 Å². The number of carbonyl (C=O) groups is 1. The van der Waals surface area contributed by atoms with Gasteiger partial charge in [-0.25, -0.2) is 0 Å². The monoisotopic (exact) mass is 289 g/mol. The molecule has 2 rings (SSSR count). The third kappa shape index (κ3) is 3.07. The van der Waals surface area contributed by atoms with Gasteiger partial charge in [0.1, 0.15) is 0 Å². The molecule has 21 heavy (non-hydrogen) atoms. The van der Waals surface area contributed by atoms with Crippen molar-refractivity contribution in [2.75, 3.05) is 6.61 Å². The molecule has 1 saturated heterocycles. The lowest BCUT2D eigenvalue weighted by atomic mass is 9.78. The third-order valence-electron chi connectivity index (χ3n) is 4.06. The van der Waals surface area contributed by atoms with Crippen LogP contribution >= 0.6 is 0 Å². The summed E-state index contributed by atoms with van der Waals surface area (Å²) in [5.74, 6) is 0. The molecule has 1 aromatic rings. The number of aliphatic hydroxyl groups is 1. The molecule has 1 aliphatic heterocycles. The molecule has 0 aromatic carbocycles. The van der Waals surface area contributed by atoms with E-state index in [4.69, 9.17) is 9.31 Å². The Balaban J connectivity index is 2.33. The first-order valence-corrected chi connectivity index (χ1v) is 6.88. The van der Waals surface area contributed by atoms with Gasteiger partial charge in [0.15, 0.2) is 6.29 Å². The molecule has 0 radical (unpaired) electrons. The average Bonchev–Trinajstić information content (AvgIpc) is 2.65. The molecule has 1 aromatic heterocycles. The largest absolute Gasteiger partial charge is 0.492 e. The highest BCUT2D eigenvalue weighted by Gasteiger charge is 2.52. The third-order valence-corrected chi connectivity index (χ3v) is 4.06. The van der Waals surface area contributed by atoms with Crippen LogP contribution in [0.25, 0.3) is 6.08 Å². The summed E-state index contributed by atoms with van der Waals surface area (Å²) in [7, 11) is -0.651. The van der Waals surface area contributed by atoms with Crippen molar-refractivity contribution in [1.82, 2.24) is 4.98 Å². The van der Waals surface area contributed by atoms with E-state index in [0.717, 1.165) is 6.29 Å². The summed E-state index contributed by atoms with van der Waals surface area (Å²) in [5.41, 5.74) is 0.522. The van der Waals surface area contributed by atoms with Crippen molar-refractivity contribution in [2.24, 2.45) is 0 Å². The van der Waals surface area contributed by atoms with Crippen LogP contribution in [0.3, 0.4) is 0 Å². The fraction of sp³-hybridized carbons (Fsp3) is 0.467. The molecule has 0 saturated carbocycles. The first-order valence-electron chi connectivity index (χ1n) is 6.88. The molecule has 1 aliphatic rings. The molecule has 5 nitrogen and oxygen atoms in total. The highest BCUT2D eigenvalue weighted by molar-refractivity contribution is 6.55. The molecule has 0 amide bonds. The number of carbonyl (C=O) groups excluding carboxylic acids is 1. The predicted molar refractivity (Wildman–Crippen MR) is 80.8 cm³/mol. The Morgan fingerprint density at radius 3 is 2.48 bits per heavy atom. The SMILES string of the molecule is CC1(C)OB(C(=Cc2ncccc2C=O)CO)OC1(C)C. The minimum absolute atomic E-state index is 0.230. The minimum atomic E-state index is -0.651. The van der Waals surface area contributed by atoms with Crippen LogP contribution in [-0.2, 0) is 9.31 Å². The van der Waals surface area contributed by atoms with Crippen molar-refractivity contribution in [3.05, 3.63) is 35.1 Å². The lowest BCUT2D eigenvalue weighted by Crippen LogP contribution is -2.41. The van der Waals surface area contributed by atoms with E-state index in [1.807, 2.05) is 27.7 Å². The van der Waals surface area contributed by atoms with Gasteiger partial charge >= 0.3 is 7.12 Å². The number of aromatic nitrogens is 1. The quantitative estimate of drug-likeness (QED) is 0.677. The van der Waals surface area contributed by atoms with Gasteiger partial charge in [0.25, 0.3) is 0 Å². The Labute approximate surface area is 125 Å². The van der Waals surface area contributed by atoms with Crippen LogP contribution in [-0.4, -0.2) is 41.3 Å². The number of aldehydes is 1. The lowest BCUT2D eigenvalue weighted by molar-refractivity contribution is 0.00578. The van der Waals surface area contributed by atoms with Gasteiger partial charge in [-0.2, -0.15) is 0 Å². The van der Waals surface area contributed by atoms with Gasteiger partial charge in [-0.3, -0.25) is 9.78 Å². The lowest BCUT2D eigenvalue weighted by Gasteiger charge is -2.32. The maximum Gasteiger partial charge on any atom is 0.492 e.